The predicted molar refractivity (Wildman–Crippen MR) is 126 cm³/mol. The summed E-state index contributed by atoms with van der Waals surface area (Å²) < 4.78 is 16.9. The normalized spacial score (nSPS) is 12.3. The van der Waals surface area contributed by atoms with Crippen molar-refractivity contribution in [1.29, 1.82) is 0 Å². The van der Waals surface area contributed by atoms with E-state index < -0.39 is 29.3 Å². The zero-order valence-electron chi connectivity index (χ0n) is 18.2. The molecule has 0 radical (unpaired) electrons. The number of para-hydroxylation sites is 1. The smallest absolute Gasteiger partial charge is 0.339 e. The van der Waals surface area contributed by atoms with Gasteiger partial charge in [-0.2, -0.15) is 0 Å². The van der Waals surface area contributed by atoms with Gasteiger partial charge in [0.25, 0.3) is 11.8 Å². The molecule has 3 aromatic rings. The summed E-state index contributed by atoms with van der Waals surface area (Å²) in [6.45, 7) is 1.31. The first kappa shape index (κ1) is 23.9. The van der Waals surface area contributed by atoms with Gasteiger partial charge in [0.05, 0.1) is 38.6 Å². The SMILES string of the molecule is C[C@@H](NC(=O)c1ccccc1NC(=O)COC(=O)c1ccccc1[S@@](C)=O)c1ccccc1. The highest BCUT2D eigenvalue weighted by Gasteiger charge is 2.18. The Kier molecular flexibility index (Phi) is 8.10. The summed E-state index contributed by atoms with van der Waals surface area (Å²) in [5, 5.41) is 5.52. The van der Waals surface area contributed by atoms with Crippen molar-refractivity contribution in [3.63, 3.8) is 0 Å². The fourth-order valence-electron chi connectivity index (χ4n) is 3.17. The summed E-state index contributed by atoms with van der Waals surface area (Å²) in [5.41, 5.74) is 1.67. The molecule has 0 fully saturated rings. The topological polar surface area (TPSA) is 102 Å². The number of rotatable bonds is 8. The van der Waals surface area contributed by atoms with E-state index in [4.69, 9.17) is 4.74 Å². The van der Waals surface area contributed by atoms with Crippen LogP contribution in [0.25, 0.3) is 0 Å². The number of carbonyl (C=O) groups excluding carboxylic acids is 3. The number of hydrogen-bond donors (Lipinski definition) is 2. The van der Waals surface area contributed by atoms with Crippen molar-refractivity contribution < 1.29 is 23.3 Å². The van der Waals surface area contributed by atoms with Gasteiger partial charge in [0.2, 0.25) is 0 Å². The lowest BCUT2D eigenvalue weighted by atomic mass is 10.1. The molecule has 2 N–H and O–H groups in total. The molecule has 0 aromatic heterocycles. The standard InChI is InChI=1S/C25H24N2O5S/c1-17(18-10-4-3-5-11-18)26-24(29)19-12-6-8-14-21(19)27-23(28)16-32-25(30)20-13-7-9-15-22(20)33(2)31/h3-15,17H,16H2,1-2H3,(H,26,29)(H,27,28)/t17-,33-/m1/s1. The molecule has 7 nitrogen and oxygen atoms in total. The molecule has 0 unspecified atom stereocenters. The second-order valence-corrected chi connectivity index (χ2v) is 8.57. The highest BCUT2D eigenvalue weighted by molar-refractivity contribution is 7.84. The van der Waals surface area contributed by atoms with E-state index in [-0.39, 0.29) is 23.1 Å². The highest BCUT2D eigenvalue weighted by atomic mass is 32.2. The lowest BCUT2D eigenvalue weighted by Crippen LogP contribution is -2.28. The number of esters is 1. The second kappa shape index (κ2) is 11.2. The first-order chi connectivity index (χ1) is 15.9. The van der Waals surface area contributed by atoms with E-state index in [0.717, 1.165) is 5.56 Å². The molecule has 8 heteroatoms. The van der Waals surface area contributed by atoms with E-state index in [1.54, 1.807) is 42.5 Å². The van der Waals surface area contributed by atoms with E-state index in [0.29, 0.717) is 10.6 Å². The first-order valence-corrected chi connectivity index (χ1v) is 11.8. The van der Waals surface area contributed by atoms with Gasteiger partial charge in [0, 0.05) is 6.26 Å². The molecule has 3 aromatic carbocycles. The van der Waals surface area contributed by atoms with Crippen LogP contribution in [0.15, 0.2) is 83.8 Å². The molecule has 0 heterocycles. The molecule has 0 saturated heterocycles. The molecule has 0 spiro atoms. The number of nitrogens with one attached hydrogen (secondary N) is 2. The Bertz CT molecular complexity index is 1180. The molecule has 3 rings (SSSR count). The van der Waals surface area contributed by atoms with Crippen LogP contribution in [0.2, 0.25) is 0 Å². The average Bonchev–Trinajstić information content (AvgIpc) is 2.83. The van der Waals surface area contributed by atoms with Crippen LogP contribution < -0.4 is 10.6 Å². The van der Waals surface area contributed by atoms with E-state index in [2.05, 4.69) is 10.6 Å². The number of hydrogen-bond acceptors (Lipinski definition) is 5. The third kappa shape index (κ3) is 6.36. The Balaban J connectivity index is 1.63. The number of ether oxygens (including phenoxy) is 1. The molecule has 0 bridgehead atoms. The molecule has 33 heavy (non-hydrogen) atoms. The van der Waals surface area contributed by atoms with E-state index in [9.17, 15) is 18.6 Å². The molecule has 2 atom stereocenters. The zero-order valence-corrected chi connectivity index (χ0v) is 19.1. The van der Waals surface area contributed by atoms with Gasteiger partial charge in [0.15, 0.2) is 6.61 Å². The summed E-state index contributed by atoms with van der Waals surface area (Å²) >= 11 is 0. The first-order valence-electron chi connectivity index (χ1n) is 10.2. The summed E-state index contributed by atoms with van der Waals surface area (Å²) in [5.74, 6) is -1.70. The van der Waals surface area contributed by atoms with Gasteiger partial charge in [-0.05, 0) is 36.8 Å². The van der Waals surface area contributed by atoms with Crippen LogP contribution in [-0.2, 0) is 20.3 Å². The average molecular weight is 465 g/mol. The van der Waals surface area contributed by atoms with Gasteiger partial charge >= 0.3 is 5.97 Å². The number of carbonyl (C=O) groups is 3. The maximum Gasteiger partial charge on any atom is 0.339 e. The molecule has 2 amide bonds. The molecule has 0 aliphatic carbocycles. The second-order valence-electron chi connectivity index (χ2n) is 7.23. The third-order valence-electron chi connectivity index (χ3n) is 4.84. The summed E-state index contributed by atoms with van der Waals surface area (Å²) in [7, 11) is -1.38. The van der Waals surface area contributed by atoms with Crippen LogP contribution in [-0.4, -0.2) is 34.9 Å². The molecule has 0 saturated carbocycles. The van der Waals surface area contributed by atoms with Gasteiger partial charge in [-0.3, -0.25) is 13.8 Å². The van der Waals surface area contributed by atoms with Crippen LogP contribution in [0.3, 0.4) is 0 Å². The Morgan fingerprint density at radius 2 is 1.48 bits per heavy atom. The maximum atomic E-state index is 12.8. The summed E-state index contributed by atoms with van der Waals surface area (Å²) in [6.07, 6.45) is 1.46. The van der Waals surface area contributed by atoms with Crippen molar-refractivity contribution in [3.8, 4) is 0 Å². The Hall–Kier alpha value is -3.78. The van der Waals surface area contributed by atoms with Gasteiger partial charge < -0.3 is 15.4 Å². The van der Waals surface area contributed by atoms with Crippen LogP contribution in [0, 0.1) is 0 Å². The predicted octanol–water partition coefficient (Wildman–Crippen LogP) is 3.71. The van der Waals surface area contributed by atoms with Crippen molar-refractivity contribution in [2.24, 2.45) is 0 Å². The summed E-state index contributed by atoms with van der Waals surface area (Å²) in [6, 6.07) is 22.2. The number of benzene rings is 3. The van der Waals surface area contributed by atoms with Crippen molar-refractivity contribution in [3.05, 3.63) is 95.6 Å². The summed E-state index contributed by atoms with van der Waals surface area (Å²) in [4.78, 5) is 37.9. The molecular formula is C25H24N2O5S. The Morgan fingerprint density at radius 3 is 2.18 bits per heavy atom. The molecule has 0 aliphatic heterocycles. The zero-order chi connectivity index (χ0) is 23.8. The minimum Gasteiger partial charge on any atom is -0.452 e. The highest BCUT2D eigenvalue weighted by Crippen LogP contribution is 2.18. The Labute approximate surface area is 194 Å². The lowest BCUT2D eigenvalue weighted by molar-refractivity contribution is -0.119. The van der Waals surface area contributed by atoms with E-state index >= 15 is 0 Å². The monoisotopic (exact) mass is 464 g/mol. The third-order valence-corrected chi connectivity index (χ3v) is 5.82. The van der Waals surface area contributed by atoms with Crippen LogP contribution in [0.5, 0.6) is 0 Å². The largest absolute Gasteiger partial charge is 0.452 e. The van der Waals surface area contributed by atoms with Crippen molar-refractivity contribution in [1.82, 2.24) is 5.32 Å². The van der Waals surface area contributed by atoms with E-state index in [1.165, 1.54) is 12.3 Å². The number of anilines is 1. The van der Waals surface area contributed by atoms with Crippen LogP contribution in [0.1, 0.15) is 39.2 Å². The molecular weight excluding hydrogens is 440 g/mol. The number of amides is 2. The van der Waals surface area contributed by atoms with Gasteiger partial charge in [-0.1, -0.05) is 54.6 Å². The molecule has 0 aliphatic rings. The fourth-order valence-corrected chi connectivity index (χ4v) is 3.90. The lowest BCUT2D eigenvalue weighted by Gasteiger charge is -2.16. The van der Waals surface area contributed by atoms with Gasteiger partial charge in [-0.25, -0.2) is 4.79 Å². The Morgan fingerprint density at radius 1 is 0.879 bits per heavy atom. The van der Waals surface area contributed by atoms with Crippen LogP contribution >= 0.6 is 0 Å². The molecule has 170 valence electrons. The van der Waals surface area contributed by atoms with Gasteiger partial charge in [0.1, 0.15) is 0 Å². The van der Waals surface area contributed by atoms with Crippen molar-refractivity contribution in [2.45, 2.75) is 17.9 Å². The maximum absolute atomic E-state index is 12.8. The van der Waals surface area contributed by atoms with Crippen LogP contribution in [0.4, 0.5) is 5.69 Å². The fraction of sp³-hybridized carbons (Fsp3) is 0.160. The quantitative estimate of drug-likeness (QED) is 0.495. The minimum absolute atomic E-state index is 0.140. The van der Waals surface area contributed by atoms with Crippen molar-refractivity contribution >= 4 is 34.3 Å². The van der Waals surface area contributed by atoms with Crippen molar-refractivity contribution in [2.75, 3.05) is 18.2 Å². The van der Waals surface area contributed by atoms with E-state index in [1.807, 2.05) is 37.3 Å². The minimum atomic E-state index is -1.38. The van der Waals surface area contributed by atoms with Gasteiger partial charge in [-0.15, -0.1) is 0 Å².